The van der Waals surface area contributed by atoms with Gasteiger partial charge in [0.15, 0.2) is 0 Å². The Bertz CT molecular complexity index is 642. The highest BCUT2D eigenvalue weighted by Crippen LogP contribution is 2.34. The van der Waals surface area contributed by atoms with Crippen molar-refractivity contribution in [2.75, 3.05) is 20.1 Å². The van der Waals surface area contributed by atoms with Crippen LogP contribution in [0.4, 0.5) is 0 Å². The van der Waals surface area contributed by atoms with Crippen LogP contribution >= 0.6 is 11.6 Å². The summed E-state index contributed by atoms with van der Waals surface area (Å²) in [7, 11) is -0.612. The Morgan fingerprint density at radius 1 is 1.55 bits per heavy atom. The summed E-state index contributed by atoms with van der Waals surface area (Å²) in [4.78, 5) is 15.7. The second kappa shape index (κ2) is 5.01. The van der Waals surface area contributed by atoms with Crippen LogP contribution in [0.25, 0.3) is 0 Å². The number of rotatable bonds is 3. The summed E-state index contributed by atoms with van der Waals surface area (Å²) in [6, 6.07) is 0. The van der Waals surface area contributed by atoms with Crippen LogP contribution in [0.5, 0.6) is 0 Å². The van der Waals surface area contributed by atoms with Gasteiger partial charge in [0.05, 0.1) is 11.7 Å². The summed E-state index contributed by atoms with van der Waals surface area (Å²) in [5.74, 6) is -0.165. The van der Waals surface area contributed by atoms with E-state index in [9.17, 15) is 13.2 Å². The lowest BCUT2D eigenvalue weighted by molar-refractivity contribution is -0.128. The van der Waals surface area contributed by atoms with Gasteiger partial charge in [0.1, 0.15) is 5.15 Å². The summed E-state index contributed by atoms with van der Waals surface area (Å²) in [5, 5.41) is 2.47. The first-order valence-electron chi connectivity index (χ1n) is 6.11. The highest BCUT2D eigenvalue weighted by Gasteiger charge is 2.45. The summed E-state index contributed by atoms with van der Waals surface area (Å²) in [5.41, 5.74) is -0.719. The molecule has 1 atom stereocenters. The lowest BCUT2D eigenvalue weighted by atomic mass is 9.89. The summed E-state index contributed by atoms with van der Waals surface area (Å²) >= 11 is 5.95. The molecule has 0 aliphatic carbocycles. The average Bonchev–Trinajstić information content (AvgIpc) is 2.95. The lowest BCUT2D eigenvalue weighted by Gasteiger charge is -2.22. The molecule has 2 rings (SSSR count). The third-order valence-electron chi connectivity index (χ3n) is 3.63. The van der Waals surface area contributed by atoms with Gasteiger partial charge >= 0.3 is 0 Å². The van der Waals surface area contributed by atoms with Crippen LogP contribution in [-0.2, 0) is 21.9 Å². The Hall–Kier alpha value is -1.12. The van der Waals surface area contributed by atoms with Crippen molar-refractivity contribution in [3.8, 4) is 0 Å². The number of nitrogens with one attached hydrogen (secondary N) is 1. The van der Waals surface area contributed by atoms with Gasteiger partial charge in [0, 0.05) is 27.2 Å². The number of sulfonamides is 1. The molecule has 0 spiro atoms. The number of carbonyl (C=O) groups is 1. The molecule has 1 saturated heterocycles. The molecule has 1 N–H and O–H groups in total. The molecule has 20 heavy (non-hydrogen) atoms. The quantitative estimate of drug-likeness (QED) is 0.863. The van der Waals surface area contributed by atoms with E-state index >= 15 is 0 Å². The molecule has 1 aliphatic rings. The van der Waals surface area contributed by atoms with E-state index in [0.717, 1.165) is 0 Å². The fourth-order valence-electron chi connectivity index (χ4n) is 2.30. The molecule has 1 aliphatic heterocycles. The Labute approximate surface area is 123 Å². The molecule has 1 fully saturated rings. The normalized spacial score (nSPS) is 24.0. The van der Waals surface area contributed by atoms with Gasteiger partial charge in [-0.1, -0.05) is 11.6 Å². The molecule has 1 aromatic rings. The largest absolute Gasteiger partial charge is 0.359 e. The van der Waals surface area contributed by atoms with E-state index in [1.54, 1.807) is 21.0 Å². The van der Waals surface area contributed by atoms with E-state index in [4.69, 9.17) is 11.6 Å². The zero-order chi connectivity index (χ0) is 15.1. The topological polar surface area (TPSA) is 84.3 Å². The molecule has 112 valence electrons. The number of aryl methyl sites for hydroxylation is 1. The van der Waals surface area contributed by atoms with E-state index < -0.39 is 15.4 Å². The minimum absolute atomic E-state index is 0.0681. The summed E-state index contributed by atoms with van der Waals surface area (Å²) in [6.07, 6.45) is 1.82. The highest BCUT2D eigenvalue weighted by molar-refractivity contribution is 7.89. The molecule has 2 heterocycles. The highest BCUT2D eigenvalue weighted by atomic mass is 35.5. The standard InChI is InChI=1S/C11H17ClN4O3S/c1-11(10(17)13-2)4-5-16(6-11)20(18,19)9-8(12)15(3)7-14-9/h7H,4-6H2,1-3H3,(H,13,17). The van der Waals surface area contributed by atoms with E-state index in [2.05, 4.69) is 10.3 Å². The van der Waals surface area contributed by atoms with Crippen LogP contribution in [-0.4, -0.2) is 48.3 Å². The summed E-state index contributed by atoms with van der Waals surface area (Å²) < 4.78 is 27.7. The fourth-order valence-corrected chi connectivity index (χ4v) is 4.25. The number of imidazole rings is 1. The van der Waals surface area contributed by atoms with Gasteiger partial charge in [0.25, 0.3) is 10.0 Å². The number of carbonyl (C=O) groups excluding carboxylic acids is 1. The molecule has 7 nitrogen and oxygen atoms in total. The zero-order valence-electron chi connectivity index (χ0n) is 11.6. The van der Waals surface area contributed by atoms with Crippen LogP contribution in [0.1, 0.15) is 13.3 Å². The number of amides is 1. The second-order valence-corrected chi connectivity index (χ2v) is 7.39. The Balaban J connectivity index is 2.30. The van der Waals surface area contributed by atoms with Gasteiger partial charge in [-0.05, 0) is 13.3 Å². The average molecular weight is 321 g/mol. The number of nitrogens with zero attached hydrogens (tertiary/aromatic N) is 3. The lowest BCUT2D eigenvalue weighted by Crippen LogP contribution is -2.40. The van der Waals surface area contributed by atoms with Crippen molar-refractivity contribution in [2.45, 2.75) is 18.4 Å². The first-order chi connectivity index (χ1) is 9.22. The summed E-state index contributed by atoms with van der Waals surface area (Å²) in [6.45, 7) is 2.16. The Morgan fingerprint density at radius 2 is 2.20 bits per heavy atom. The zero-order valence-corrected chi connectivity index (χ0v) is 13.1. The number of halogens is 1. The minimum atomic E-state index is -3.77. The van der Waals surface area contributed by atoms with Crippen molar-refractivity contribution < 1.29 is 13.2 Å². The molecule has 1 amide bonds. The molecule has 1 aromatic heterocycles. The molecular formula is C11H17ClN4O3S. The smallest absolute Gasteiger partial charge is 0.263 e. The molecule has 0 bridgehead atoms. The van der Waals surface area contributed by atoms with Crippen molar-refractivity contribution in [2.24, 2.45) is 12.5 Å². The maximum absolute atomic E-state index is 12.5. The van der Waals surface area contributed by atoms with Crippen molar-refractivity contribution in [1.82, 2.24) is 19.2 Å². The molecule has 1 unspecified atom stereocenters. The van der Waals surface area contributed by atoms with E-state index in [-0.39, 0.29) is 29.2 Å². The molecule has 9 heteroatoms. The predicted octanol–water partition coefficient (Wildman–Crippen LogP) is 0.220. The third kappa shape index (κ3) is 2.32. The van der Waals surface area contributed by atoms with Crippen LogP contribution in [0.2, 0.25) is 5.15 Å². The van der Waals surface area contributed by atoms with Crippen molar-refractivity contribution in [3.05, 3.63) is 11.5 Å². The monoisotopic (exact) mass is 320 g/mol. The Morgan fingerprint density at radius 3 is 2.70 bits per heavy atom. The van der Waals surface area contributed by atoms with Crippen molar-refractivity contribution >= 4 is 27.5 Å². The van der Waals surface area contributed by atoms with Crippen LogP contribution in [0, 0.1) is 5.41 Å². The van der Waals surface area contributed by atoms with Crippen molar-refractivity contribution in [1.29, 1.82) is 0 Å². The van der Waals surface area contributed by atoms with Crippen molar-refractivity contribution in [3.63, 3.8) is 0 Å². The van der Waals surface area contributed by atoms with Gasteiger partial charge in [0.2, 0.25) is 10.9 Å². The number of hydrogen-bond acceptors (Lipinski definition) is 4. The van der Waals surface area contributed by atoms with E-state index in [1.807, 2.05) is 0 Å². The van der Waals surface area contributed by atoms with Gasteiger partial charge in [-0.2, -0.15) is 4.31 Å². The Kier molecular flexibility index (Phi) is 3.83. The maximum atomic E-state index is 12.5. The molecule has 0 aromatic carbocycles. The third-order valence-corrected chi connectivity index (χ3v) is 5.97. The maximum Gasteiger partial charge on any atom is 0.263 e. The second-order valence-electron chi connectivity index (χ2n) is 5.18. The van der Waals surface area contributed by atoms with Crippen LogP contribution in [0.3, 0.4) is 0 Å². The van der Waals surface area contributed by atoms with Gasteiger partial charge < -0.3 is 9.88 Å². The minimum Gasteiger partial charge on any atom is -0.359 e. The van der Waals surface area contributed by atoms with Gasteiger partial charge in [-0.3, -0.25) is 4.79 Å². The molecule has 0 saturated carbocycles. The molecule has 0 radical (unpaired) electrons. The molecular weight excluding hydrogens is 304 g/mol. The van der Waals surface area contributed by atoms with E-state index in [0.29, 0.717) is 6.42 Å². The number of hydrogen-bond donors (Lipinski definition) is 1. The van der Waals surface area contributed by atoms with Gasteiger partial charge in [-0.15, -0.1) is 0 Å². The van der Waals surface area contributed by atoms with E-state index in [1.165, 1.54) is 15.2 Å². The number of aromatic nitrogens is 2. The first-order valence-corrected chi connectivity index (χ1v) is 7.93. The van der Waals surface area contributed by atoms with Gasteiger partial charge in [-0.25, -0.2) is 13.4 Å². The fraction of sp³-hybridized carbons (Fsp3) is 0.636. The SMILES string of the molecule is CNC(=O)C1(C)CCN(S(=O)(=O)c2ncn(C)c2Cl)C1. The predicted molar refractivity (Wildman–Crippen MR) is 73.8 cm³/mol. The van der Waals surface area contributed by atoms with Crippen LogP contribution in [0.15, 0.2) is 11.4 Å². The first kappa shape index (κ1) is 15.3. The van der Waals surface area contributed by atoms with Crippen LogP contribution < -0.4 is 5.32 Å².